The molecule has 27 heavy (non-hydrogen) atoms. The van der Waals surface area contributed by atoms with E-state index in [0.717, 1.165) is 29.2 Å². The van der Waals surface area contributed by atoms with Crippen LogP contribution in [0.2, 0.25) is 0 Å². The van der Waals surface area contributed by atoms with Crippen molar-refractivity contribution in [1.29, 1.82) is 0 Å². The molecule has 3 rings (SSSR count). The van der Waals surface area contributed by atoms with Crippen molar-refractivity contribution in [2.24, 2.45) is 0 Å². The number of anilines is 1. The van der Waals surface area contributed by atoms with E-state index in [-0.39, 0.29) is 11.7 Å². The first-order valence-corrected chi connectivity index (χ1v) is 11.2. The Labute approximate surface area is 169 Å². The van der Waals surface area contributed by atoms with Gasteiger partial charge in [-0.25, -0.2) is 0 Å². The Bertz CT molecular complexity index is 929. The van der Waals surface area contributed by atoms with Gasteiger partial charge in [0.15, 0.2) is 11.0 Å². The zero-order chi connectivity index (χ0) is 19.2. The maximum Gasteiger partial charge on any atom is 0.236 e. The zero-order valence-electron chi connectivity index (χ0n) is 15.1. The molecule has 3 aromatic rings. The van der Waals surface area contributed by atoms with E-state index in [1.807, 2.05) is 11.5 Å². The van der Waals surface area contributed by atoms with Crippen LogP contribution in [-0.4, -0.2) is 36.6 Å². The number of rotatable bonds is 9. The number of carbonyl (C=O) groups is 1. The number of hydrogen-bond acceptors (Lipinski definition) is 8. The number of amides is 1. The molecule has 1 amide bonds. The highest BCUT2D eigenvalue weighted by Gasteiger charge is 2.16. The van der Waals surface area contributed by atoms with E-state index in [1.165, 1.54) is 28.0 Å². The van der Waals surface area contributed by atoms with Crippen molar-refractivity contribution >= 4 is 45.5 Å². The molecule has 0 fully saturated rings. The van der Waals surface area contributed by atoms with Gasteiger partial charge in [0.25, 0.3) is 0 Å². The molecule has 7 nitrogen and oxygen atoms in total. The predicted molar refractivity (Wildman–Crippen MR) is 112 cm³/mol. The Morgan fingerprint density at radius 3 is 2.81 bits per heavy atom. The van der Waals surface area contributed by atoms with Crippen molar-refractivity contribution in [2.45, 2.75) is 38.4 Å². The lowest BCUT2D eigenvalue weighted by atomic mass is 10.2. The quantitative estimate of drug-likeness (QED) is 0.417. The summed E-state index contributed by atoms with van der Waals surface area (Å²) in [5, 5.41) is 23.5. The molecule has 3 aromatic heterocycles. The first-order chi connectivity index (χ1) is 13.1. The van der Waals surface area contributed by atoms with Gasteiger partial charge in [-0.05, 0) is 18.9 Å². The van der Waals surface area contributed by atoms with E-state index >= 15 is 0 Å². The van der Waals surface area contributed by atoms with Gasteiger partial charge in [0.1, 0.15) is 5.01 Å². The molecule has 0 bridgehead atoms. The third kappa shape index (κ3) is 4.82. The summed E-state index contributed by atoms with van der Waals surface area (Å²) in [5.74, 6) is 0.878. The molecule has 0 radical (unpaired) electrons. The second-order valence-corrected chi connectivity index (χ2v) is 8.55. The van der Waals surface area contributed by atoms with Crippen molar-refractivity contribution in [1.82, 2.24) is 25.0 Å². The first kappa shape index (κ1) is 19.7. The minimum absolute atomic E-state index is 0.141. The summed E-state index contributed by atoms with van der Waals surface area (Å²) in [6, 6.07) is 2.14. The Balaban J connectivity index is 1.68. The van der Waals surface area contributed by atoms with E-state index in [2.05, 4.69) is 50.7 Å². The largest absolute Gasteiger partial charge is 0.300 e. The van der Waals surface area contributed by atoms with Crippen molar-refractivity contribution in [3.63, 3.8) is 0 Å². The van der Waals surface area contributed by atoms with Gasteiger partial charge in [-0.1, -0.05) is 43.0 Å². The standard InChI is InChI=1S/C17H20N6OS3/c1-4-7-23-15(11-8-12(5-2)25-9-11)20-22-17(23)26-10-13(24)18-16-21-19-14(6-3)27-16/h4,8-9H,1,5-7,10H2,2-3H3,(H,18,21,24). The molecular weight excluding hydrogens is 400 g/mol. The number of thioether (sulfide) groups is 1. The van der Waals surface area contributed by atoms with Gasteiger partial charge < -0.3 is 0 Å². The van der Waals surface area contributed by atoms with Crippen LogP contribution >= 0.6 is 34.4 Å². The second kappa shape index (κ2) is 9.25. The SMILES string of the molecule is C=CCn1c(SCC(=O)Nc2nnc(CC)s2)nnc1-c1csc(CC)c1. The molecule has 0 saturated carbocycles. The number of nitrogens with one attached hydrogen (secondary N) is 1. The zero-order valence-corrected chi connectivity index (χ0v) is 17.6. The number of thiophene rings is 1. The van der Waals surface area contributed by atoms with Crippen LogP contribution < -0.4 is 5.32 Å². The number of carbonyl (C=O) groups excluding carboxylic acids is 1. The Morgan fingerprint density at radius 2 is 2.15 bits per heavy atom. The van der Waals surface area contributed by atoms with Crippen molar-refractivity contribution in [3.8, 4) is 11.4 Å². The molecule has 0 atom stereocenters. The van der Waals surface area contributed by atoms with Crippen LogP contribution in [0.5, 0.6) is 0 Å². The number of allylic oxidation sites excluding steroid dienone is 1. The molecule has 10 heteroatoms. The third-order valence-electron chi connectivity index (χ3n) is 3.64. The molecule has 0 aliphatic carbocycles. The van der Waals surface area contributed by atoms with Gasteiger partial charge in [0, 0.05) is 22.4 Å². The molecule has 0 aliphatic rings. The Kier molecular flexibility index (Phi) is 6.75. The topological polar surface area (TPSA) is 85.6 Å². The first-order valence-electron chi connectivity index (χ1n) is 8.51. The van der Waals surface area contributed by atoms with E-state index in [0.29, 0.717) is 16.8 Å². The minimum atomic E-state index is -0.141. The van der Waals surface area contributed by atoms with Gasteiger partial charge in [0.2, 0.25) is 11.0 Å². The summed E-state index contributed by atoms with van der Waals surface area (Å²) in [4.78, 5) is 13.5. The van der Waals surface area contributed by atoms with E-state index in [4.69, 9.17) is 0 Å². The summed E-state index contributed by atoms with van der Waals surface area (Å²) >= 11 is 4.45. The predicted octanol–water partition coefficient (Wildman–Crippen LogP) is 3.90. The number of nitrogens with zero attached hydrogens (tertiary/aromatic N) is 5. The highest BCUT2D eigenvalue weighted by Crippen LogP contribution is 2.28. The van der Waals surface area contributed by atoms with Crippen LogP contribution in [0, 0.1) is 0 Å². The van der Waals surface area contributed by atoms with Crippen LogP contribution in [0.15, 0.2) is 29.3 Å². The number of aryl methyl sites for hydroxylation is 2. The molecule has 1 N–H and O–H groups in total. The van der Waals surface area contributed by atoms with Crippen LogP contribution in [-0.2, 0) is 24.2 Å². The summed E-state index contributed by atoms with van der Waals surface area (Å²) in [5.41, 5.74) is 1.04. The van der Waals surface area contributed by atoms with Gasteiger partial charge in [0.05, 0.1) is 5.75 Å². The fourth-order valence-electron chi connectivity index (χ4n) is 2.32. The van der Waals surface area contributed by atoms with E-state index in [1.54, 1.807) is 17.4 Å². The molecule has 0 aliphatic heterocycles. The summed E-state index contributed by atoms with van der Waals surface area (Å²) < 4.78 is 1.98. The number of hydrogen-bond donors (Lipinski definition) is 1. The smallest absolute Gasteiger partial charge is 0.236 e. The molecule has 0 aromatic carbocycles. The number of aromatic nitrogens is 5. The molecule has 142 valence electrons. The van der Waals surface area contributed by atoms with E-state index < -0.39 is 0 Å². The average molecular weight is 421 g/mol. The lowest BCUT2D eigenvalue weighted by molar-refractivity contribution is -0.113. The Morgan fingerprint density at radius 1 is 1.30 bits per heavy atom. The van der Waals surface area contributed by atoms with Crippen molar-refractivity contribution in [2.75, 3.05) is 11.1 Å². The Hall–Kier alpha value is -2.04. The summed E-state index contributed by atoms with van der Waals surface area (Å²) in [7, 11) is 0. The lowest BCUT2D eigenvalue weighted by Gasteiger charge is -2.06. The summed E-state index contributed by atoms with van der Waals surface area (Å²) in [6.45, 7) is 8.53. The highest BCUT2D eigenvalue weighted by atomic mass is 32.2. The fourth-order valence-corrected chi connectivity index (χ4v) is 4.58. The second-order valence-electron chi connectivity index (χ2n) is 5.55. The summed E-state index contributed by atoms with van der Waals surface area (Å²) in [6.07, 6.45) is 3.60. The molecule has 0 unspecified atom stereocenters. The highest BCUT2D eigenvalue weighted by molar-refractivity contribution is 7.99. The third-order valence-corrected chi connectivity index (χ3v) is 6.67. The van der Waals surface area contributed by atoms with Gasteiger partial charge in [-0.2, -0.15) is 0 Å². The minimum Gasteiger partial charge on any atom is -0.300 e. The van der Waals surface area contributed by atoms with Crippen LogP contribution in [0.25, 0.3) is 11.4 Å². The molecule has 0 spiro atoms. The van der Waals surface area contributed by atoms with Gasteiger partial charge >= 0.3 is 0 Å². The van der Waals surface area contributed by atoms with Crippen LogP contribution in [0.3, 0.4) is 0 Å². The lowest BCUT2D eigenvalue weighted by Crippen LogP contribution is -2.14. The van der Waals surface area contributed by atoms with E-state index in [9.17, 15) is 4.79 Å². The molecular formula is C17H20N6OS3. The van der Waals surface area contributed by atoms with Gasteiger partial charge in [-0.15, -0.1) is 38.3 Å². The van der Waals surface area contributed by atoms with Crippen molar-refractivity contribution in [3.05, 3.63) is 34.0 Å². The normalized spacial score (nSPS) is 10.9. The molecule has 0 saturated heterocycles. The van der Waals surface area contributed by atoms with Gasteiger partial charge in [-0.3, -0.25) is 14.7 Å². The average Bonchev–Trinajstić information content (AvgIpc) is 3.39. The van der Waals surface area contributed by atoms with Crippen LogP contribution in [0.1, 0.15) is 23.7 Å². The molecule has 3 heterocycles. The maximum absolute atomic E-state index is 12.2. The van der Waals surface area contributed by atoms with Crippen LogP contribution in [0.4, 0.5) is 5.13 Å². The monoisotopic (exact) mass is 420 g/mol. The fraction of sp³-hybridized carbons (Fsp3) is 0.353. The maximum atomic E-state index is 12.2. The van der Waals surface area contributed by atoms with Crippen molar-refractivity contribution < 1.29 is 4.79 Å².